The van der Waals surface area contributed by atoms with Crippen LogP contribution in [0.2, 0.25) is 0 Å². The molecule has 1 heteroatoms. The summed E-state index contributed by atoms with van der Waals surface area (Å²) in [6.45, 7) is 0. The Kier molecular flexibility index (Phi) is 2.18. The monoisotopic (exact) mass is 222 g/mol. The van der Waals surface area contributed by atoms with E-state index >= 15 is 0 Å². The number of hydrogen-bond donors (Lipinski definition) is 0. The van der Waals surface area contributed by atoms with Crippen LogP contribution in [0.25, 0.3) is 0 Å². The second kappa shape index (κ2) is 3.46. The van der Waals surface area contributed by atoms with Crippen LogP contribution in [0.3, 0.4) is 0 Å². The van der Waals surface area contributed by atoms with Crippen molar-refractivity contribution < 1.29 is 0 Å². The third kappa shape index (κ3) is 1.51. The Morgan fingerprint density at radius 2 is 1.13 bits per heavy atom. The molecule has 0 amide bonds. The smallest absolute Gasteiger partial charge is 0.0203 e. The topological polar surface area (TPSA) is 0 Å². The Labute approximate surface area is 95.4 Å². The van der Waals surface area contributed by atoms with Crippen molar-refractivity contribution in [2.75, 3.05) is 0 Å². The van der Waals surface area contributed by atoms with Crippen LogP contribution in [-0.2, 0) is 0 Å². The molecule has 7 atom stereocenters. The maximum absolute atomic E-state index is 1.64. The first-order valence-corrected chi connectivity index (χ1v) is 8.30. The third-order valence-electron chi connectivity index (χ3n) is 5.90. The molecule has 0 saturated heterocycles. The Balaban J connectivity index is 1.40. The Morgan fingerprint density at radius 1 is 0.600 bits per heavy atom. The van der Waals surface area contributed by atoms with Crippen molar-refractivity contribution in [3.63, 3.8) is 0 Å². The lowest BCUT2D eigenvalue weighted by Gasteiger charge is -2.29. The van der Waals surface area contributed by atoms with Crippen molar-refractivity contribution in [2.45, 2.75) is 62.7 Å². The van der Waals surface area contributed by atoms with Gasteiger partial charge in [0.1, 0.15) is 0 Å². The molecule has 0 aromatic carbocycles. The number of hydrogen-bond acceptors (Lipinski definition) is 0. The third-order valence-corrected chi connectivity index (χ3v) is 8.17. The molecule has 0 heterocycles. The number of rotatable bonds is 2. The summed E-state index contributed by atoms with van der Waals surface area (Å²) in [7, 11) is 1.37. The van der Waals surface area contributed by atoms with E-state index < -0.39 is 0 Å². The van der Waals surface area contributed by atoms with Gasteiger partial charge in [0.25, 0.3) is 0 Å². The summed E-state index contributed by atoms with van der Waals surface area (Å²) < 4.78 is 0. The van der Waals surface area contributed by atoms with Crippen LogP contribution >= 0.6 is 8.58 Å². The van der Waals surface area contributed by atoms with Gasteiger partial charge in [-0.1, -0.05) is 12.8 Å². The minimum absolute atomic E-state index is 1.17. The lowest BCUT2D eigenvalue weighted by molar-refractivity contribution is 0.466. The van der Waals surface area contributed by atoms with Crippen molar-refractivity contribution >= 4 is 8.58 Å². The highest BCUT2D eigenvalue weighted by Gasteiger charge is 2.44. The molecule has 0 aliphatic heterocycles. The van der Waals surface area contributed by atoms with Crippen LogP contribution < -0.4 is 0 Å². The molecule has 0 nitrogen and oxygen atoms in total. The van der Waals surface area contributed by atoms with Crippen LogP contribution in [0.4, 0.5) is 0 Å². The van der Waals surface area contributed by atoms with Gasteiger partial charge in [0, 0.05) is 0 Å². The molecule has 0 aromatic heterocycles. The zero-order chi connectivity index (χ0) is 9.83. The van der Waals surface area contributed by atoms with Crippen LogP contribution in [0.5, 0.6) is 0 Å². The van der Waals surface area contributed by atoms with Gasteiger partial charge in [0.2, 0.25) is 0 Å². The maximum Gasteiger partial charge on any atom is -0.0203 e. The lowest BCUT2D eigenvalue weighted by Crippen LogP contribution is -2.19. The minimum Gasteiger partial charge on any atom is -0.115 e. The summed E-state index contributed by atoms with van der Waals surface area (Å²) in [6, 6.07) is 0. The first kappa shape index (κ1) is 9.46. The molecule has 84 valence electrons. The highest BCUT2D eigenvalue weighted by Crippen LogP contribution is 2.58. The van der Waals surface area contributed by atoms with E-state index in [0.29, 0.717) is 0 Å². The van der Waals surface area contributed by atoms with E-state index in [4.69, 9.17) is 0 Å². The first-order chi connectivity index (χ1) is 7.38. The fourth-order valence-corrected chi connectivity index (χ4v) is 7.81. The summed E-state index contributed by atoms with van der Waals surface area (Å²) in [5.74, 6) is 4.72. The predicted octanol–water partition coefficient (Wildman–Crippen LogP) is 4.04. The lowest BCUT2D eigenvalue weighted by atomic mass is 10.00. The summed E-state index contributed by atoms with van der Waals surface area (Å²) in [5.41, 5.74) is 2.40. The van der Waals surface area contributed by atoms with E-state index in [1.165, 1.54) is 43.6 Å². The summed E-state index contributed by atoms with van der Waals surface area (Å²) >= 11 is 0. The van der Waals surface area contributed by atoms with Gasteiger partial charge >= 0.3 is 0 Å². The summed E-state index contributed by atoms with van der Waals surface area (Å²) in [6.07, 6.45) is 12.9. The quantitative estimate of drug-likeness (QED) is 0.618. The molecular formula is C14H23P. The van der Waals surface area contributed by atoms with Gasteiger partial charge in [-0.3, -0.25) is 0 Å². The van der Waals surface area contributed by atoms with E-state index in [0.717, 1.165) is 0 Å². The number of fused-ring (bicyclic) bond motifs is 4. The normalized spacial score (nSPS) is 57.6. The second-order valence-corrected chi connectivity index (χ2v) is 8.55. The fraction of sp³-hybridized carbons (Fsp3) is 1.00. The molecule has 0 N–H and O–H groups in total. The summed E-state index contributed by atoms with van der Waals surface area (Å²) in [4.78, 5) is 0. The molecule has 15 heavy (non-hydrogen) atoms. The molecule has 0 spiro atoms. The minimum atomic E-state index is 1.17. The summed E-state index contributed by atoms with van der Waals surface area (Å²) in [5, 5.41) is 0. The standard InChI is InChI=1S/C14H23P/c1-3-11-5-9(1)7-13(11)15-14-8-10-2-4-12(14)6-10/h9-15H,1-8H2/t9-,10+,11+,12-,13-,14-/m0/s1. The Hall–Kier alpha value is 0.430. The van der Waals surface area contributed by atoms with Crippen molar-refractivity contribution in [3.05, 3.63) is 0 Å². The average molecular weight is 222 g/mol. The molecule has 0 aromatic rings. The van der Waals surface area contributed by atoms with Gasteiger partial charge in [0.05, 0.1) is 0 Å². The fourth-order valence-electron chi connectivity index (χ4n) is 5.17. The maximum atomic E-state index is 1.64. The molecule has 4 aliphatic rings. The van der Waals surface area contributed by atoms with Gasteiger partial charge in [-0.25, -0.2) is 0 Å². The van der Waals surface area contributed by atoms with Crippen molar-refractivity contribution in [2.24, 2.45) is 23.7 Å². The van der Waals surface area contributed by atoms with Crippen molar-refractivity contribution in [1.82, 2.24) is 0 Å². The highest BCUT2D eigenvalue weighted by atomic mass is 31.1. The SMILES string of the molecule is C1C[C@H]2C[C@@H]1C[C@@H]2P[C@H]1C[C@H]2CC[C@@H]1C2. The van der Waals surface area contributed by atoms with Gasteiger partial charge in [0.15, 0.2) is 0 Å². The van der Waals surface area contributed by atoms with E-state index in [2.05, 4.69) is 0 Å². The Morgan fingerprint density at radius 3 is 1.47 bits per heavy atom. The largest absolute Gasteiger partial charge is 0.115 e. The second-order valence-electron chi connectivity index (χ2n) is 6.73. The molecule has 1 unspecified atom stereocenters. The zero-order valence-electron chi connectivity index (χ0n) is 9.62. The van der Waals surface area contributed by atoms with Gasteiger partial charge in [-0.05, 0) is 73.5 Å². The van der Waals surface area contributed by atoms with Crippen molar-refractivity contribution in [1.29, 1.82) is 0 Å². The molecule has 0 radical (unpaired) electrons. The van der Waals surface area contributed by atoms with Crippen LogP contribution in [-0.4, -0.2) is 11.3 Å². The first-order valence-electron chi connectivity index (χ1n) is 7.14. The van der Waals surface area contributed by atoms with Crippen LogP contribution in [0.15, 0.2) is 0 Å². The molecule has 4 saturated carbocycles. The molecule has 4 aliphatic carbocycles. The van der Waals surface area contributed by atoms with E-state index in [9.17, 15) is 0 Å². The van der Waals surface area contributed by atoms with Gasteiger partial charge < -0.3 is 0 Å². The van der Waals surface area contributed by atoms with Crippen molar-refractivity contribution in [3.8, 4) is 0 Å². The van der Waals surface area contributed by atoms with Crippen LogP contribution in [0, 0.1) is 23.7 Å². The molecular weight excluding hydrogens is 199 g/mol. The van der Waals surface area contributed by atoms with Crippen LogP contribution in [0.1, 0.15) is 51.4 Å². The van der Waals surface area contributed by atoms with Gasteiger partial charge in [-0.15, -0.1) is 8.58 Å². The molecule has 4 rings (SSSR count). The molecule has 4 bridgehead atoms. The van der Waals surface area contributed by atoms with E-state index in [-0.39, 0.29) is 0 Å². The Bertz CT molecular complexity index is 236. The van der Waals surface area contributed by atoms with E-state index in [1.54, 1.807) is 51.4 Å². The van der Waals surface area contributed by atoms with Gasteiger partial charge in [-0.2, -0.15) is 0 Å². The zero-order valence-corrected chi connectivity index (χ0v) is 10.6. The van der Waals surface area contributed by atoms with E-state index in [1.807, 2.05) is 0 Å². The average Bonchev–Trinajstić information content (AvgIpc) is 2.96. The highest BCUT2D eigenvalue weighted by molar-refractivity contribution is 7.39. The molecule has 4 fully saturated rings. The predicted molar refractivity (Wildman–Crippen MR) is 66.8 cm³/mol.